The van der Waals surface area contributed by atoms with Gasteiger partial charge in [-0.3, -0.25) is 4.90 Å². The fraction of sp³-hybridized carbons (Fsp3) is 0.391. The molecule has 1 aliphatic rings. The predicted octanol–water partition coefficient (Wildman–Crippen LogP) is 4.98. The summed E-state index contributed by atoms with van der Waals surface area (Å²) in [5.74, 6) is 0.565. The number of amides is 1. The molecule has 0 saturated carbocycles. The number of benzene rings is 2. The van der Waals surface area contributed by atoms with Gasteiger partial charge in [0.2, 0.25) is 5.90 Å². The molecule has 2 aromatic rings. The van der Waals surface area contributed by atoms with Gasteiger partial charge in [0.1, 0.15) is 24.3 Å². The maximum Gasteiger partial charge on any atom is 0.411 e. The van der Waals surface area contributed by atoms with E-state index in [9.17, 15) is 4.79 Å². The van der Waals surface area contributed by atoms with E-state index in [1.165, 1.54) is 0 Å². The SMILES string of the molecule is C[C@H](C1=N[C@H](c2ccccc2)CO1)N(Cc1ccccc1)C(=O)OC(C)(C)C. The lowest BCUT2D eigenvalue weighted by atomic mass is 10.1. The molecule has 2 atom stereocenters. The van der Waals surface area contributed by atoms with E-state index in [1.54, 1.807) is 4.90 Å². The summed E-state index contributed by atoms with van der Waals surface area (Å²) in [7, 11) is 0. The normalized spacial score (nSPS) is 17.4. The van der Waals surface area contributed by atoms with Crippen LogP contribution in [0.5, 0.6) is 0 Å². The van der Waals surface area contributed by atoms with Gasteiger partial charge < -0.3 is 9.47 Å². The Morgan fingerprint density at radius 2 is 1.75 bits per heavy atom. The Morgan fingerprint density at radius 1 is 1.14 bits per heavy atom. The summed E-state index contributed by atoms with van der Waals surface area (Å²) in [5.41, 5.74) is 1.56. The summed E-state index contributed by atoms with van der Waals surface area (Å²) in [5, 5.41) is 0. The molecule has 0 N–H and O–H groups in total. The first kappa shape index (κ1) is 19.9. The first-order chi connectivity index (χ1) is 13.3. The molecular weight excluding hydrogens is 352 g/mol. The minimum absolute atomic E-state index is 0.0455. The van der Waals surface area contributed by atoms with Crippen molar-refractivity contribution in [2.75, 3.05) is 6.61 Å². The second-order valence-electron chi connectivity index (χ2n) is 7.97. The van der Waals surface area contributed by atoms with Crippen molar-refractivity contribution in [2.45, 2.75) is 51.9 Å². The third kappa shape index (κ3) is 5.12. The standard InChI is InChI=1S/C23H28N2O3/c1-17(21-24-20(16-27-21)19-13-9-6-10-14-19)25(22(26)28-23(2,3)4)15-18-11-7-5-8-12-18/h5-14,17,20H,15-16H2,1-4H3/t17-,20+/m1/s1. The Labute approximate surface area is 167 Å². The van der Waals surface area contributed by atoms with Gasteiger partial charge >= 0.3 is 6.09 Å². The molecule has 0 radical (unpaired) electrons. The topological polar surface area (TPSA) is 51.1 Å². The Morgan fingerprint density at radius 3 is 2.36 bits per heavy atom. The number of ether oxygens (including phenoxy) is 2. The van der Waals surface area contributed by atoms with Gasteiger partial charge in [0.15, 0.2) is 0 Å². The van der Waals surface area contributed by atoms with Crippen LogP contribution in [0.25, 0.3) is 0 Å². The molecule has 0 unspecified atom stereocenters. The molecule has 0 aromatic heterocycles. The van der Waals surface area contributed by atoms with Crippen LogP contribution in [0.15, 0.2) is 65.7 Å². The highest BCUT2D eigenvalue weighted by Gasteiger charge is 2.33. The third-order valence-electron chi connectivity index (χ3n) is 4.51. The molecule has 0 spiro atoms. The van der Waals surface area contributed by atoms with E-state index in [1.807, 2.05) is 88.4 Å². The summed E-state index contributed by atoms with van der Waals surface area (Å²) in [6.07, 6.45) is -0.377. The minimum atomic E-state index is -0.573. The molecule has 2 aromatic carbocycles. The molecule has 1 heterocycles. The van der Waals surface area contributed by atoms with Crippen molar-refractivity contribution in [1.82, 2.24) is 4.90 Å². The lowest BCUT2D eigenvalue weighted by molar-refractivity contribution is 0.0192. The fourth-order valence-corrected chi connectivity index (χ4v) is 3.06. The van der Waals surface area contributed by atoms with Gasteiger partial charge in [-0.15, -0.1) is 0 Å². The summed E-state index contributed by atoms with van der Waals surface area (Å²) in [6.45, 7) is 8.44. The van der Waals surface area contributed by atoms with Crippen LogP contribution < -0.4 is 0 Å². The highest BCUT2D eigenvalue weighted by atomic mass is 16.6. The second kappa shape index (κ2) is 8.46. The number of hydrogen-bond donors (Lipinski definition) is 0. The molecule has 5 nitrogen and oxygen atoms in total. The maximum absolute atomic E-state index is 12.9. The monoisotopic (exact) mass is 380 g/mol. The average Bonchev–Trinajstić information content (AvgIpc) is 3.16. The molecule has 28 heavy (non-hydrogen) atoms. The molecule has 3 rings (SSSR count). The number of carbonyl (C=O) groups excluding carboxylic acids is 1. The van der Waals surface area contributed by atoms with Crippen LogP contribution in [-0.2, 0) is 16.0 Å². The van der Waals surface area contributed by atoms with Crippen molar-refractivity contribution in [2.24, 2.45) is 4.99 Å². The zero-order chi connectivity index (χ0) is 20.1. The second-order valence-corrected chi connectivity index (χ2v) is 7.97. The molecule has 5 heteroatoms. The van der Waals surface area contributed by atoms with Crippen LogP contribution in [0.3, 0.4) is 0 Å². The van der Waals surface area contributed by atoms with Crippen LogP contribution in [0, 0.1) is 0 Å². The summed E-state index contributed by atoms with van der Waals surface area (Å²) in [4.78, 5) is 19.3. The van der Waals surface area contributed by atoms with E-state index >= 15 is 0 Å². The van der Waals surface area contributed by atoms with E-state index in [4.69, 9.17) is 14.5 Å². The number of nitrogens with zero attached hydrogens (tertiary/aromatic N) is 2. The van der Waals surface area contributed by atoms with E-state index < -0.39 is 5.60 Å². The minimum Gasteiger partial charge on any atom is -0.477 e. The quantitative estimate of drug-likeness (QED) is 0.735. The zero-order valence-corrected chi connectivity index (χ0v) is 17.0. The first-order valence-corrected chi connectivity index (χ1v) is 9.62. The predicted molar refractivity (Wildman–Crippen MR) is 110 cm³/mol. The summed E-state index contributed by atoms with van der Waals surface area (Å²) >= 11 is 0. The largest absolute Gasteiger partial charge is 0.477 e. The smallest absolute Gasteiger partial charge is 0.411 e. The van der Waals surface area contributed by atoms with E-state index in [2.05, 4.69) is 0 Å². The van der Waals surface area contributed by atoms with Crippen molar-refractivity contribution in [1.29, 1.82) is 0 Å². The van der Waals surface area contributed by atoms with E-state index in [0.29, 0.717) is 19.0 Å². The van der Waals surface area contributed by atoms with Gasteiger partial charge in [0, 0.05) is 6.54 Å². The highest BCUT2D eigenvalue weighted by Crippen LogP contribution is 2.26. The van der Waals surface area contributed by atoms with Gasteiger partial charge in [-0.2, -0.15) is 0 Å². The Hall–Kier alpha value is -2.82. The maximum atomic E-state index is 12.9. The molecule has 0 saturated heterocycles. The van der Waals surface area contributed by atoms with Gasteiger partial charge in [-0.25, -0.2) is 9.79 Å². The van der Waals surface area contributed by atoms with Crippen LogP contribution in [0.1, 0.15) is 44.9 Å². The summed E-state index contributed by atoms with van der Waals surface area (Å²) in [6, 6.07) is 19.5. The molecule has 0 aliphatic carbocycles. The molecule has 1 aliphatic heterocycles. The Bertz CT molecular complexity index is 813. The van der Waals surface area contributed by atoms with Crippen LogP contribution >= 0.6 is 0 Å². The van der Waals surface area contributed by atoms with Crippen molar-refractivity contribution in [3.05, 3.63) is 71.8 Å². The van der Waals surface area contributed by atoms with Gasteiger partial charge in [-0.1, -0.05) is 60.7 Å². The molecule has 1 amide bonds. The molecule has 148 valence electrons. The van der Waals surface area contributed by atoms with Crippen LogP contribution in [-0.4, -0.2) is 35.1 Å². The number of carbonyl (C=O) groups is 1. The third-order valence-corrected chi connectivity index (χ3v) is 4.51. The lowest BCUT2D eigenvalue weighted by Crippen LogP contribution is -2.45. The van der Waals surface area contributed by atoms with Crippen molar-refractivity contribution >= 4 is 12.0 Å². The van der Waals surface area contributed by atoms with Crippen molar-refractivity contribution in [3.63, 3.8) is 0 Å². The lowest BCUT2D eigenvalue weighted by Gasteiger charge is -2.31. The number of aliphatic imine (C=N–C) groups is 1. The van der Waals surface area contributed by atoms with Gasteiger partial charge in [0.25, 0.3) is 0 Å². The highest BCUT2D eigenvalue weighted by molar-refractivity contribution is 5.86. The van der Waals surface area contributed by atoms with E-state index in [0.717, 1.165) is 11.1 Å². The zero-order valence-electron chi connectivity index (χ0n) is 17.0. The summed E-state index contributed by atoms with van der Waals surface area (Å²) < 4.78 is 11.5. The van der Waals surface area contributed by atoms with E-state index in [-0.39, 0.29) is 18.2 Å². The molecule has 0 fully saturated rings. The van der Waals surface area contributed by atoms with Crippen molar-refractivity contribution < 1.29 is 14.3 Å². The Balaban J connectivity index is 1.81. The Kier molecular flexibility index (Phi) is 6.02. The average molecular weight is 380 g/mol. The molecular formula is C23H28N2O3. The van der Waals surface area contributed by atoms with Gasteiger partial charge in [0.05, 0.1) is 0 Å². The van der Waals surface area contributed by atoms with Gasteiger partial charge in [-0.05, 0) is 38.8 Å². The van der Waals surface area contributed by atoms with Crippen LogP contribution in [0.4, 0.5) is 4.79 Å². The molecule has 0 bridgehead atoms. The number of hydrogen-bond acceptors (Lipinski definition) is 4. The van der Waals surface area contributed by atoms with Crippen LogP contribution in [0.2, 0.25) is 0 Å². The first-order valence-electron chi connectivity index (χ1n) is 9.62. The number of rotatable bonds is 5. The fourth-order valence-electron chi connectivity index (χ4n) is 3.06. The van der Waals surface area contributed by atoms with Crippen molar-refractivity contribution in [3.8, 4) is 0 Å².